The van der Waals surface area contributed by atoms with Crippen LogP contribution in [0.5, 0.6) is 0 Å². The quantitative estimate of drug-likeness (QED) is 0.0324. The summed E-state index contributed by atoms with van der Waals surface area (Å²) in [6.07, 6.45) is 5.86. The Morgan fingerprint density at radius 2 is 1.40 bits per heavy atom. The van der Waals surface area contributed by atoms with Crippen LogP contribution in [-0.2, 0) is 65.8 Å². The normalized spacial score (nSPS) is 16.5. The molecule has 2 heterocycles. The predicted molar refractivity (Wildman–Crippen MR) is 207 cm³/mol. The number of rotatable bonds is 14. The van der Waals surface area contributed by atoms with Gasteiger partial charge in [0.1, 0.15) is 0 Å². The molecule has 0 aliphatic carbocycles. The predicted octanol–water partition coefficient (Wildman–Crippen LogP) is 7.63. The van der Waals surface area contributed by atoms with Crippen LogP contribution >= 0.6 is 12.0 Å². The summed E-state index contributed by atoms with van der Waals surface area (Å²) in [5.41, 5.74) is 7.36. The Hall–Kier alpha value is -5.09. The minimum absolute atomic E-state index is 0.0703. The van der Waals surface area contributed by atoms with Crippen molar-refractivity contribution in [1.82, 2.24) is 0 Å². The summed E-state index contributed by atoms with van der Waals surface area (Å²) in [4.78, 5) is 25.2. The van der Waals surface area contributed by atoms with Crippen LogP contribution in [0.1, 0.15) is 61.1 Å². The Morgan fingerprint density at radius 1 is 0.800 bits per heavy atom. The van der Waals surface area contributed by atoms with Crippen molar-refractivity contribution in [3.8, 4) is 0 Å². The molecule has 286 valence electrons. The third-order valence-corrected chi connectivity index (χ3v) is 11.6. The largest absolute Gasteiger partial charge is 0.481 e. The zero-order valence-corrected chi connectivity index (χ0v) is 32.2. The van der Waals surface area contributed by atoms with E-state index in [2.05, 4.69) is 28.4 Å². The summed E-state index contributed by atoms with van der Waals surface area (Å²) in [6.45, 7) is 9.11. The number of benzene rings is 4. The van der Waals surface area contributed by atoms with Crippen molar-refractivity contribution < 1.29 is 52.0 Å². The number of carboxylic acid groups (broad SMARTS) is 2. The van der Waals surface area contributed by atoms with Gasteiger partial charge in [-0.25, -0.2) is 5.26 Å². The molecule has 0 spiro atoms. The molecule has 0 fully saturated rings. The number of allylic oxidation sites excluding steroid dienone is 4. The summed E-state index contributed by atoms with van der Waals surface area (Å²) in [7, 11) is -4.46. The minimum atomic E-state index is -4.46. The SMILES string of the molecule is CC1(C)C(/C=C/C=C2/N(Cc3ccc(CC(=O)O)cc3)c3ccc(S(=O)(=O)O)cc3C2(C)C)=[N+](Cc2ccc(CC(=O)O)cc2)c2ccc(SOOO)cc21. The fourth-order valence-electron chi connectivity index (χ4n) is 7.39. The number of anilines is 1. The molecule has 4 N–H and O–H groups in total. The van der Waals surface area contributed by atoms with Crippen molar-refractivity contribution in [1.29, 1.82) is 0 Å². The minimum Gasteiger partial charge on any atom is -0.481 e. The molecule has 2 aliphatic heterocycles. The van der Waals surface area contributed by atoms with E-state index in [1.807, 2.05) is 86.7 Å². The number of hydrogen-bond acceptors (Lipinski definition) is 9. The molecule has 0 amide bonds. The van der Waals surface area contributed by atoms with Gasteiger partial charge in [-0.15, -0.1) is 4.33 Å². The molecule has 2 aliphatic rings. The van der Waals surface area contributed by atoms with Crippen molar-refractivity contribution in [3.63, 3.8) is 0 Å². The number of nitrogens with zero attached hydrogens (tertiary/aromatic N) is 2. The summed E-state index contributed by atoms with van der Waals surface area (Å²) < 4.78 is 41.2. The number of fused-ring (bicyclic) bond motifs is 2. The second-order valence-electron chi connectivity index (χ2n) is 14.6. The molecule has 14 heteroatoms. The lowest BCUT2D eigenvalue weighted by Crippen LogP contribution is -2.28. The first kappa shape index (κ1) is 39.6. The van der Waals surface area contributed by atoms with Gasteiger partial charge in [0.15, 0.2) is 12.3 Å². The Bertz CT molecular complexity index is 2350. The van der Waals surface area contributed by atoms with Crippen molar-refractivity contribution in [2.75, 3.05) is 4.90 Å². The van der Waals surface area contributed by atoms with E-state index in [9.17, 15) is 32.8 Å². The lowest BCUT2D eigenvalue weighted by atomic mass is 9.81. The first-order valence-corrected chi connectivity index (χ1v) is 19.5. The molecule has 0 saturated carbocycles. The van der Waals surface area contributed by atoms with Gasteiger partial charge in [0, 0.05) is 51.5 Å². The van der Waals surface area contributed by atoms with Gasteiger partial charge < -0.3 is 15.1 Å². The molecule has 0 radical (unpaired) electrons. The van der Waals surface area contributed by atoms with E-state index in [-0.39, 0.29) is 17.7 Å². The topological polar surface area (TPSA) is 174 Å². The van der Waals surface area contributed by atoms with Crippen LogP contribution in [0, 0.1) is 0 Å². The number of hydrogen-bond donors (Lipinski definition) is 4. The number of aliphatic carboxylic acids is 2. The van der Waals surface area contributed by atoms with E-state index in [1.165, 1.54) is 12.1 Å². The molecule has 0 aromatic heterocycles. The van der Waals surface area contributed by atoms with Crippen molar-refractivity contribution in [3.05, 3.63) is 142 Å². The highest BCUT2D eigenvalue weighted by Gasteiger charge is 2.45. The third kappa shape index (κ3) is 8.44. The molecule has 0 saturated heterocycles. The Kier molecular flexibility index (Phi) is 11.2. The Balaban J connectivity index is 1.43. The summed E-state index contributed by atoms with van der Waals surface area (Å²) >= 11 is 0.875. The van der Waals surface area contributed by atoms with Gasteiger partial charge in [0.25, 0.3) is 10.1 Å². The monoisotopic (exact) mass is 785 g/mol. The van der Waals surface area contributed by atoms with Gasteiger partial charge in [-0.05, 0) is 72.5 Å². The molecule has 0 unspecified atom stereocenters. The van der Waals surface area contributed by atoms with Gasteiger partial charge >= 0.3 is 11.9 Å². The molecule has 55 heavy (non-hydrogen) atoms. The van der Waals surface area contributed by atoms with Gasteiger partial charge in [-0.2, -0.15) is 13.0 Å². The summed E-state index contributed by atoms with van der Waals surface area (Å²) in [5.74, 6) is -1.82. The summed E-state index contributed by atoms with van der Waals surface area (Å²) in [5, 5.41) is 31.1. The molecular weight excluding hydrogens is 745 g/mol. The number of carbonyl (C=O) groups is 2. The van der Waals surface area contributed by atoms with Crippen molar-refractivity contribution in [2.24, 2.45) is 0 Å². The molecule has 4 aromatic carbocycles. The van der Waals surface area contributed by atoms with E-state index in [0.717, 1.165) is 57.1 Å². The van der Waals surface area contributed by atoms with Crippen LogP contribution < -0.4 is 4.90 Å². The second-order valence-corrected chi connectivity index (χ2v) is 16.7. The lowest BCUT2D eigenvalue weighted by Gasteiger charge is -2.27. The molecule has 12 nitrogen and oxygen atoms in total. The third-order valence-electron chi connectivity index (χ3n) is 10.1. The van der Waals surface area contributed by atoms with Crippen LogP contribution in [0.2, 0.25) is 0 Å². The smallest absolute Gasteiger partial charge is 0.307 e. The van der Waals surface area contributed by atoms with Crippen LogP contribution in [0.4, 0.5) is 11.4 Å². The maximum atomic E-state index is 12.2. The van der Waals surface area contributed by atoms with Crippen LogP contribution in [-0.4, -0.2) is 50.7 Å². The maximum Gasteiger partial charge on any atom is 0.307 e. The highest BCUT2D eigenvalue weighted by molar-refractivity contribution is 7.94. The van der Waals surface area contributed by atoms with Gasteiger partial charge in [0.2, 0.25) is 5.69 Å². The average molecular weight is 786 g/mol. The van der Waals surface area contributed by atoms with Gasteiger partial charge in [-0.3, -0.25) is 14.1 Å². The average Bonchev–Trinajstić information content (AvgIpc) is 3.45. The summed E-state index contributed by atoms with van der Waals surface area (Å²) in [6, 6.07) is 25.2. The van der Waals surface area contributed by atoms with E-state index in [1.54, 1.807) is 18.2 Å². The highest BCUT2D eigenvalue weighted by Crippen LogP contribution is 2.49. The van der Waals surface area contributed by atoms with E-state index < -0.39 is 32.9 Å². The molecular formula is C41H41N2O10S2+. The van der Waals surface area contributed by atoms with E-state index >= 15 is 0 Å². The van der Waals surface area contributed by atoms with Gasteiger partial charge in [0.05, 0.1) is 35.2 Å². The Labute approximate surface area is 323 Å². The first-order valence-electron chi connectivity index (χ1n) is 17.3. The molecule has 0 atom stereocenters. The van der Waals surface area contributed by atoms with Crippen molar-refractivity contribution >= 4 is 51.2 Å². The van der Waals surface area contributed by atoms with Crippen LogP contribution in [0.15, 0.2) is 119 Å². The van der Waals surface area contributed by atoms with Crippen LogP contribution in [0.25, 0.3) is 0 Å². The fourth-order valence-corrected chi connectivity index (χ4v) is 8.29. The van der Waals surface area contributed by atoms with Crippen LogP contribution in [0.3, 0.4) is 0 Å². The maximum absolute atomic E-state index is 12.2. The van der Waals surface area contributed by atoms with E-state index in [4.69, 9.17) is 9.59 Å². The molecule has 0 bridgehead atoms. The Morgan fingerprint density at radius 3 is 1.98 bits per heavy atom. The zero-order chi connectivity index (χ0) is 39.7. The van der Waals surface area contributed by atoms with Gasteiger partial charge in [-0.1, -0.05) is 73.5 Å². The molecule has 6 rings (SSSR count). The lowest BCUT2D eigenvalue weighted by molar-refractivity contribution is -0.455. The fraction of sp³-hybridized carbons (Fsp3) is 0.244. The zero-order valence-electron chi connectivity index (χ0n) is 30.6. The standard InChI is InChI=1S/C41H40N2O10S2/c1-40(2)32-22-30(54-53-52-48)16-18-34(32)42(24-28-12-8-26(9-13-28)20-38(44)45)36(40)6-5-7-37-41(3,4)33-23-31(55(49,50)51)17-19-35(33)43(37)25-29-14-10-27(11-15-29)21-39(46)47/h5-19,22-23H,20-21,24-25H2,1-4H3,(H3-,44,45,46,47,48,49,50,51)/p+1. The van der Waals surface area contributed by atoms with E-state index in [0.29, 0.717) is 29.1 Å². The molecule has 4 aromatic rings. The second kappa shape index (κ2) is 15.6. The number of carboxylic acids is 2. The first-order chi connectivity index (χ1) is 26.0. The highest BCUT2D eigenvalue weighted by atomic mass is 32.2. The van der Waals surface area contributed by atoms with Crippen molar-refractivity contribution in [2.45, 2.75) is 74.2 Å².